The summed E-state index contributed by atoms with van der Waals surface area (Å²) in [6.45, 7) is 7.28. The molecule has 6 aromatic rings. The van der Waals surface area contributed by atoms with Crippen LogP contribution in [0.15, 0.2) is 133 Å². The molecule has 8 heteroatoms. The van der Waals surface area contributed by atoms with Gasteiger partial charge in [0.25, 0.3) is 5.69 Å². The van der Waals surface area contributed by atoms with Crippen molar-refractivity contribution in [3.05, 3.63) is 194 Å². The average molecular weight is 696 g/mol. The number of halogens is 1. The minimum Gasteiger partial charge on any atom is -0.485 e. The van der Waals surface area contributed by atoms with Crippen molar-refractivity contribution >= 4 is 17.4 Å². The van der Waals surface area contributed by atoms with E-state index in [-0.39, 0.29) is 29.5 Å². The lowest BCUT2D eigenvalue weighted by molar-refractivity contribution is -0.385. The zero-order valence-corrected chi connectivity index (χ0v) is 29.4. The van der Waals surface area contributed by atoms with Crippen LogP contribution in [0.1, 0.15) is 54.1 Å². The Morgan fingerprint density at radius 3 is 1.69 bits per heavy atom. The third-order valence-corrected chi connectivity index (χ3v) is 8.41. The van der Waals surface area contributed by atoms with E-state index < -0.39 is 10.9 Å². The Morgan fingerprint density at radius 1 is 0.615 bits per heavy atom. The monoisotopic (exact) mass is 695 g/mol. The summed E-state index contributed by atoms with van der Waals surface area (Å²) in [4.78, 5) is 34.9. The van der Waals surface area contributed by atoms with E-state index in [1.54, 1.807) is 38.1 Å². The van der Waals surface area contributed by atoms with Crippen molar-refractivity contribution in [3.63, 3.8) is 0 Å². The molecule has 0 N–H and O–H groups in total. The molecule has 0 aliphatic rings. The molecule has 6 aromatic carbocycles. The topological polar surface area (TPSA) is 95.7 Å². The number of nitrogens with zero attached hydrogens (tertiary/aromatic N) is 1. The predicted molar refractivity (Wildman–Crippen MR) is 201 cm³/mol. The summed E-state index contributed by atoms with van der Waals surface area (Å²) in [6, 6.07) is 40.2. The fraction of sp³-hybridized carbons (Fsp3) is 0.136. The van der Waals surface area contributed by atoms with Crippen molar-refractivity contribution in [1.29, 1.82) is 0 Å². The van der Waals surface area contributed by atoms with Gasteiger partial charge >= 0.3 is 5.97 Å². The van der Waals surface area contributed by atoms with Gasteiger partial charge in [-0.25, -0.2) is 9.18 Å². The Balaban J connectivity index is 0.000000201. The Kier molecular flexibility index (Phi) is 12.1. The summed E-state index contributed by atoms with van der Waals surface area (Å²) in [5, 5.41) is 11.0. The maximum Gasteiger partial charge on any atom is 0.343 e. The van der Waals surface area contributed by atoms with Crippen molar-refractivity contribution in [2.24, 2.45) is 0 Å². The lowest BCUT2D eigenvalue weighted by Gasteiger charge is -2.08. The van der Waals surface area contributed by atoms with E-state index in [2.05, 4.69) is 31.2 Å². The van der Waals surface area contributed by atoms with Crippen LogP contribution in [0.5, 0.6) is 11.5 Å². The van der Waals surface area contributed by atoms with Gasteiger partial charge in [0.1, 0.15) is 17.3 Å². The van der Waals surface area contributed by atoms with Crippen LogP contribution in [0.25, 0.3) is 11.1 Å². The van der Waals surface area contributed by atoms with Crippen LogP contribution < -0.4 is 9.47 Å². The number of esters is 1. The van der Waals surface area contributed by atoms with Gasteiger partial charge in [-0.15, -0.1) is 0 Å². The third kappa shape index (κ3) is 10.1. The van der Waals surface area contributed by atoms with Crippen LogP contribution in [0.4, 0.5) is 10.1 Å². The quantitative estimate of drug-likeness (QED) is 0.0465. The minimum absolute atomic E-state index is 0.103. The van der Waals surface area contributed by atoms with Crippen LogP contribution in [0, 0.1) is 43.6 Å². The maximum absolute atomic E-state index is 13.6. The number of nitro benzene ring substituents is 1. The summed E-state index contributed by atoms with van der Waals surface area (Å²) in [7, 11) is 0. The summed E-state index contributed by atoms with van der Waals surface area (Å²) in [5.41, 5.74) is 8.32. The largest absolute Gasteiger partial charge is 0.485 e. The van der Waals surface area contributed by atoms with E-state index in [0.29, 0.717) is 28.2 Å². The fourth-order valence-electron chi connectivity index (χ4n) is 5.20. The molecule has 0 aliphatic heterocycles. The molecule has 0 spiro atoms. The molecule has 52 heavy (non-hydrogen) atoms. The second-order valence-electron chi connectivity index (χ2n) is 12.5. The van der Waals surface area contributed by atoms with Gasteiger partial charge < -0.3 is 9.47 Å². The Hall–Kier alpha value is -6.41. The average Bonchev–Trinajstić information content (AvgIpc) is 3.14. The van der Waals surface area contributed by atoms with E-state index in [4.69, 9.17) is 9.47 Å². The van der Waals surface area contributed by atoms with E-state index in [1.807, 2.05) is 67.6 Å². The van der Waals surface area contributed by atoms with Crippen molar-refractivity contribution in [1.82, 2.24) is 0 Å². The van der Waals surface area contributed by atoms with Gasteiger partial charge in [0, 0.05) is 17.2 Å². The highest BCUT2D eigenvalue weighted by atomic mass is 19.1. The first-order chi connectivity index (χ1) is 24.9. The molecule has 0 radical (unpaired) electrons. The van der Waals surface area contributed by atoms with Crippen LogP contribution in [-0.4, -0.2) is 23.3 Å². The SMILES string of the molecule is Cc1ccc(-c2ccc(OC(=O)c3ccc(C)c([N+](=O)[O-])c3)cc2)cc1.Cc1ccc(Cc2ccc(OCC(=O)c3ccc(C)c(F)c3)cc2)cc1. The highest BCUT2D eigenvalue weighted by Crippen LogP contribution is 2.25. The molecular weight excluding hydrogens is 657 g/mol. The number of carbonyl (C=O) groups excluding carboxylic acids is 2. The molecule has 0 bridgehead atoms. The number of carbonyl (C=O) groups is 2. The standard InChI is InChI=1S/C23H21FO2.C21H17NO4/c1-16-3-6-18(7-4-16)13-19-8-11-21(12-9-19)26-15-23(25)20-10-5-17(2)22(24)14-20;1-14-3-6-16(7-4-14)17-9-11-19(12-10-17)26-21(23)18-8-5-15(2)20(13-18)22(24)25/h3-12,14H,13,15H2,1-2H3;3-13H,1-2H3. The first-order valence-electron chi connectivity index (χ1n) is 16.7. The van der Waals surface area contributed by atoms with Crippen molar-refractivity contribution in [3.8, 4) is 22.6 Å². The summed E-state index contributed by atoms with van der Waals surface area (Å²) < 4.78 is 24.4. The lowest BCUT2D eigenvalue weighted by Crippen LogP contribution is -2.12. The Labute approximate surface area is 302 Å². The van der Waals surface area contributed by atoms with Crippen molar-refractivity contribution in [2.75, 3.05) is 6.61 Å². The van der Waals surface area contributed by atoms with Gasteiger partial charge in [0.2, 0.25) is 0 Å². The number of aryl methyl sites for hydroxylation is 4. The first kappa shape index (κ1) is 36.9. The second-order valence-corrected chi connectivity index (χ2v) is 12.5. The smallest absolute Gasteiger partial charge is 0.343 e. The zero-order chi connectivity index (χ0) is 37.2. The molecule has 0 heterocycles. The zero-order valence-electron chi connectivity index (χ0n) is 29.4. The summed E-state index contributed by atoms with van der Waals surface area (Å²) in [5.74, 6) is -0.243. The van der Waals surface area contributed by atoms with Gasteiger partial charge in [-0.1, -0.05) is 102 Å². The van der Waals surface area contributed by atoms with Crippen molar-refractivity contribution in [2.45, 2.75) is 34.1 Å². The molecule has 0 amide bonds. The second kappa shape index (κ2) is 17.0. The normalized spacial score (nSPS) is 10.5. The molecule has 0 unspecified atom stereocenters. The van der Waals surface area contributed by atoms with E-state index in [9.17, 15) is 24.1 Å². The highest BCUT2D eigenvalue weighted by molar-refractivity contribution is 5.97. The first-order valence-corrected chi connectivity index (χ1v) is 16.7. The van der Waals surface area contributed by atoms with Gasteiger partial charge in [0.15, 0.2) is 12.4 Å². The van der Waals surface area contributed by atoms with Crippen molar-refractivity contribution < 1.29 is 28.4 Å². The van der Waals surface area contributed by atoms with Gasteiger partial charge in [-0.2, -0.15) is 0 Å². The molecule has 0 aromatic heterocycles. The number of Topliss-reactive ketones (excluding diaryl/α,β-unsaturated/α-hetero) is 1. The Bertz CT molecular complexity index is 2180. The fourth-order valence-corrected chi connectivity index (χ4v) is 5.20. The molecular formula is C44H38FNO6. The summed E-state index contributed by atoms with van der Waals surface area (Å²) >= 11 is 0. The van der Waals surface area contributed by atoms with Crippen LogP contribution in [-0.2, 0) is 6.42 Å². The van der Waals surface area contributed by atoms with E-state index in [0.717, 1.165) is 17.5 Å². The number of ether oxygens (including phenoxy) is 2. The molecule has 0 saturated carbocycles. The molecule has 0 atom stereocenters. The number of ketones is 1. The number of benzene rings is 6. The predicted octanol–water partition coefficient (Wildman–Crippen LogP) is 10.4. The van der Waals surface area contributed by atoms with Crippen LogP contribution in [0.3, 0.4) is 0 Å². The lowest BCUT2D eigenvalue weighted by atomic mass is 10.0. The number of hydrogen-bond acceptors (Lipinski definition) is 6. The maximum atomic E-state index is 13.6. The van der Waals surface area contributed by atoms with Crippen LogP contribution >= 0.6 is 0 Å². The van der Waals surface area contributed by atoms with Crippen LogP contribution in [0.2, 0.25) is 0 Å². The highest BCUT2D eigenvalue weighted by Gasteiger charge is 2.16. The molecule has 6 rings (SSSR count). The van der Waals surface area contributed by atoms with Gasteiger partial charge in [-0.05, 0) is 98.3 Å². The minimum atomic E-state index is -0.629. The molecule has 0 saturated heterocycles. The molecule has 0 fully saturated rings. The number of rotatable bonds is 10. The number of nitro groups is 1. The molecule has 0 aliphatic carbocycles. The van der Waals surface area contributed by atoms with Gasteiger partial charge in [0.05, 0.1) is 10.5 Å². The Morgan fingerprint density at radius 2 is 1.12 bits per heavy atom. The summed E-state index contributed by atoms with van der Waals surface area (Å²) in [6.07, 6.45) is 0.849. The van der Waals surface area contributed by atoms with Gasteiger partial charge in [-0.3, -0.25) is 14.9 Å². The molecule has 262 valence electrons. The number of hydrogen-bond donors (Lipinski definition) is 0. The molecule has 7 nitrogen and oxygen atoms in total. The third-order valence-electron chi connectivity index (χ3n) is 8.41. The van der Waals surface area contributed by atoms with E-state index in [1.165, 1.54) is 46.5 Å². The van der Waals surface area contributed by atoms with E-state index >= 15 is 0 Å².